The van der Waals surface area contributed by atoms with E-state index in [0.29, 0.717) is 31.3 Å². The number of nitrogens with one attached hydrogen (secondary N) is 1. The van der Waals surface area contributed by atoms with Crippen LogP contribution in [0, 0.1) is 5.92 Å². The summed E-state index contributed by atoms with van der Waals surface area (Å²) in [5.74, 6) is 0.776. The molecule has 0 aromatic heterocycles. The molecule has 0 spiro atoms. The highest BCUT2D eigenvalue weighted by Crippen LogP contribution is 2.28. The van der Waals surface area contributed by atoms with Gasteiger partial charge in [0.05, 0.1) is 11.3 Å². The summed E-state index contributed by atoms with van der Waals surface area (Å²) in [6.45, 7) is 8.50. The van der Waals surface area contributed by atoms with E-state index < -0.39 is 0 Å². The van der Waals surface area contributed by atoms with Gasteiger partial charge in [0.25, 0.3) is 0 Å². The van der Waals surface area contributed by atoms with Crippen LogP contribution in [0.1, 0.15) is 26.7 Å². The van der Waals surface area contributed by atoms with Crippen molar-refractivity contribution < 1.29 is 14.6 Å². The first-order valence-corrected chi connectivity index (χ1v) is 9.14. The van der Waals surface area contributed by atoms with Crippen LogP contribution in [-0.4, -0.2) is 61.0 Å². The van der Waals surface area contributed by atoms with Crippen molar-refractivity contribution in [1.29, 1.82) is 0 Å². The van der Waals surface area contributed by atoms with Gasteiger partial charge in [-0.25, -0.2) is 4.79 Å². The smallest absolute Gasteiger partial charge is 0.317 e. The average molecular weight is 347 g/mol. The molecule has 2 amide bonds. The molecule has 2 heterocycles. The summed E-state index contributed by atoms with van der Waals surface area (Å²) in [5.41, 5.74) is 0.753. The first-order valence-electron chi connectivity index (χ1n) is 9.14. The molecule has 6 heteroatoms. The van der Waals surface area contributed by atoms with Crippen LogP contribution in [0.25, 0.3) is 0 Å². The number of piperazine rings is 1. The SMILES string of the molecule is CC1(C)CC(CNC(=O)N2CCN(c3ccccc3O)CC2)CCO1. The predicted molar refractivity (Wildman–Crippen MR) is 98.0 cm³/mol. The summed E-state index contributed by atoms with van der Waals surface area (Å²) in [6, 6.07) is 7.37. The number of hydrogen-bond acceptors (Lipinski definition) is 4. The van der Waals surface area contributed by atoms with Gasteiger partial charge in [0, 0.05) is 39.3 Å². The molecule has 0 saturated carbocycles. The lowest BCUT2D eigenvalue weighted by Crippen LogP contribution is -2.52. The number of ether oxygens (including phenoxy) is 1. The van der Waals surface area contributed by atoms with Crippen molar-refractivity contribution in [3.05, 3.63) is 24.3 Å². The van der Waals surface area contributed by atoms with Crippen molar-refractivity contribution in [2.45, 2.75) is 32.3 Å². The highest BCUT2D eigenvalue weighted by atomic mass is 16.5. The Bertz CT molecular complexity index is 597. The van der Waals surface area contributed by atoms with Gasteiger partial charge < -0.3 is 25.0 Å². The minimum Gasteiger partial charge on any atom is -0.506 e. The Hall–Kier alpha value is -1.95. The summed E-state index contributed by atoms with van der Waals surface area (Å²) < 4.78 is 5.73. The first-order chi connectivity index (χ1) is 11.9. The van der Waals surface area contributed by atoms with Gasteiger partial charge >= 0.3 is 6.03 Å². The Balaban J connectivity index is 1.45. The molecule has 25 heavy (non-hydrogen) atoms. The molecule has 1 aromatic carbocycles. The number of para-hydroxylation sites is 2. The lowest BCUT2D eigenvalue weighted by atomic mass is 9.88. The second-order valence-corrected chi connectivity index (χ2v) is 7.62. The van der Waals surface area contributed by atoms with Crippen LogP contribution in [0.4, 0.5) is 10.5 Å². The van der Waals surface area contributed by atoms with Crippen LogP contribution in [0.15, 0.2) is 24.3 Å². The van der Waals surface area contributed by atoms with E-state index in [1.54, 1.807) is 6.07 Å². The average Bonchev–Trinajstić information content (AvgIpc) is 2.59. The lowest BCUT2D eigenvalue weighted by Gasteiger charge is -2.38. The van der Waals surface area contributed by atoms with Crippen LogP contribution >= 0.6 is 0 Å². The topological polar surface area (TPSA) is 65.0 Å². The molecule has 1 aromatic rings. The van der Waals surface area contributed by atoms with E-state index in [9.17, 15) is 9.90 Å². The maximum absolute atomic E-state index is 12.4. The number of anilines is 1. The highest BCUT2D eigenvalue weighted by molar-refractivity contribution is 5.74. The van der Waals surface area contributed by atoms with Gasteiger partial charge in [0.15, 0.2) is 0 Å². The molecule has 2 fully saturated rings. The second kappa shape index (κ2) is 7.52. The number of carbonyl (C=O) groups is 1. The molecule has 2 saturated heterocycles. The molecule has 0 radical (unpaired) electrons. The van der Waals surface area contributed by atoms with E-state index in [-0.39, 0.29) is 11.6 Å². The molecule has 1 unspecified atom stereocenters. The summed E-state index contributed by atoms with van der Waals surface area (Å²) in [7, 11) is 0. The number of rotatable bonds is 3. The summed E-state index contributed by atoms with van der Waals surface area (Å²) in [4.78, 5) is 16.4. The van der Waals surface area contributed by atoms with E-state index in [4.69, 9.17) is 4.74 Å². The lowest BCUT2D eigenvalue weighted by molar-refractivity contribution is -0.0715. The standard InChI is InChI=1S/C19H29N3O3/c1-19(2)13-15(7-12-25-19)14-20-18(24)22-10-8-21(9-11-22)16-5-3-4-6-17(16)23/h3-6,15,23H,7-14H2,1-2H3,(H,20,24). The number of urea groups is 1. The minimum atomic E-state index is -0.0864. The van der Waals surface area contributed by atoms with E-state index in [1.807, 2.05) is 23.1 Å². The van der Waals surface area contributed by atoms with Crippen LogP contribution in [0.5, 0.6) is 5.75 Å². The zero-order valence-electron chi connectivity index (χ0n) is 15.2. The molecule has 0 aliphatic carbocycles. The summed E-state index contributed by atoms with van der Waals surface area (Å²) in [5, 5.41) is 13.1. The third-order valence-corrected chi connectivity index (χ3v) is 5.13. The largest absolute Gasteiger partial charge is 0.506 e. The van der Waals surface area contributed by atoms with Crippen LogP contribution in [0.2, 0.25) is 0 Å². The van der Waals surface area contributed by atoms with Crippen LogP contribution in [0.3, 0.4) is 0 Å². The van der Waals surface area contributed by atoms with Crippen LogP contribution in [-0.2, 0) is 4.74 Å². The van der Waals surface area contributed by atoms with Gasteiger partial charge in [-0.15, -0.1) is 0 Å². The molecule has 138 valence electrons. The number of amides is 2. The molecule has 6 nitrogen and oxygen atoms in total. The van der Waals surface area contributed by atoms with E-state index >= 15 is 0 Å². The van der Waals surface area contributed by atoms with E-state index in [1.165, 1.54) is 0 Å². The second-order valence-electron chi connectivity index (χ2n) is 7.62. The Morgan fingerprint density at radius 3 is 2.68 bits per heavy atom. The van der Waals surface area contributed by atoms with Crippen LogP contribution < -0.4 is 10.2 Å². The van der Waals surface area contributed by atoms with Crippen molar-refractivity contribution in [2.24, 2.45) is 5.92 Å². The number of aromatic hydroxyl groups is 1. The summed E-state index contributed by atoms with van der Waals surface area (Å²) >= 11 is 0. The molecule has 2 aliphatic rings. The Morgan fingerprint density at radius 1 is 1.28 bits per heavy atom. The van der Waals surface area contributed by atoms with Gasteiger partial charge in [-0.3, -0.25) is 0 Å². The molecule has 1 atom stereocenters. The van der Waals surface area contributed by atoms with Gasteiger partial charge in [-0.1, -0.05) is 12.1 Å². The van der Waals surface area contributed by atoms with Gasteiger partial charge in [0.1, 0.15) is 5.75 Å². The Kier molecular flexibility index (Phi) is 5.37. The normalized spacial score (nSPS) is 23.4. The zero-order chi connectivity index (χ0) is 17.9. The zero-order valence-corrected chi connectivity index (χ0v) is 15.2. The van der Waals surface area contributed by atoms with E-state index in [2.05, 4.69) is 24.1 Å². The molecule has 2 N–H and O–H groups in total. The van der Waals surface area contributed by atoms with Gasteiger partial charge in [-0.05, 0) is 44.7 Å². The fourth-order valence-corrected chi connectivity index (χ4v) is 3.76. The number of carbonyl (C=O) groups excluding carboxylic acids is 1. The van der Waals surface area contributed by atoms with Crippen molar-refractivity contribution >= 4 is 11.7 Å². The third-order valence-electron chi connectivity index (χ3n) is 5.13. The molecule has 3 rings (SSSR count). The first kappa shape index (κ1) is 17.9. The molecule has 2 aliphatic heterocycles. The number of nitrogens with zero attached hydrogens (tertiary/aromatic N) is 2. The Morgan fingerprint density at radius 2 is 2.00 bits per heavy atom. The van der Waals surface area contributed by atoms with Crippen molar-refractivity contribution in [2.75, 3.05) is 44.2 Å². The number of hydrogen-bond donors (Lipinski definition) is 2. The highest BCUT2D eigenvalue weighted by Gasteiger charge is 2.29. The molecular formula is C19H29N3O3. The minimum absolute atomic E-state index is 0.0150. The van der Waals surface area contributed by atoms with Crippen molar-refractivity contribution in [3.8, 4) is 5.75 Å². The summed E-state index contributed by atoms with van der Waals surface area (Å²) in [6.07, 6.45) is 1.99. The van der Waals surface area contributed by atoms with Crippen molar-refractivity contribution in [1.82, 2.24) is 10.2 Å². The number of phenolic OH excluding ortho intramolecular Hbond substituents is 1. The predicted octanol–water partition coefficient (Wildman–Crippen LogP) is 2.43. The van der Waals surface area contributed by atoms with E-state index in [0.717, 1.165) is 38.2 Å². The number of benzene rings is 1. The fourth-order valence-electron chi connectivity index (χ4n) is 3.76. The van der Waals surface area contributed by atoms with Gasteiger partial charge in [0.2, 0.25) is 0 Å². The molecular weight excluding hydrogens is 318 g/mol. The van der Waals surface area contributed by atoms with Gasteiger partial charge in [-0.2, -0.15) is 0 Å². The Labute approximate surface area is 149 Å². The quantitative estimate of drug-likeness (QED) is 0.881. The maximum atomic E-state index is 12.4. The number of phenols is 1. The monoisotopic (exact) mass is 347 g/mol. The maximum Gasteiger partial charge on any atom is 0.317 e. The fraction of sp³-hybridized carbons (Fsp3) is 0.632. The molecule has 0 bridgehead atoms. The third kappa shape index (κ3) is 4.57. The van der Waals surface area contributed by atoms with Crippen molar-refractivity contribution in [3.63, 3.8) is 0 Å².